The van der Waals surface area contributed by atoms with Gasteiger partial charge in [0, 0.05) is 24.8 Å². The average Bonchev–Trinajstić information content (AvgIpc) is 2.69. The maximum absolute atomic E-state index is 12.3. The van der Waals surface area contributed by atoms with E-state index in [9.17, 15) is 4.79 Å². The molecule has 0 unspecified atom stereocenters. The van der Waals surface area contributed by atoms with Crippen LogP contribution in [0.2, 0.25) is 0 Å². The van der Waals surface area contributed by atoms with E-state index >= 15 is 0 Å². The Morgan fingerprint density at radius 1 is 1.18 bits per heavy atom. The van der Waals surface area contributed by atoms with Crippen LogP contribution in [0.3, 0.4) is 0 Å². The number of rotatable bonds is 1. The Bertz CT molecular complexity index is 461. The topological polar surface area (TPSA) is 38.1 Å². The SMILES string of the molecule is CC(C)N1CCn2c(nc3c2CCCC3)C1=O. The van der Waals surface area contributed by atoms with E-state index in [1.165, 1.54) is 24.2 Å². The lowest BCUT2D eigenvalue weighted by Crippen LogP contribution is -2.44. The number of hydrogen-bond donors (Lipinski definition) is 0. The standard InChI is InChI=1S/C13H19N3O/c1-9(2)15-7-8-16-11-6-4-3-5-10(11)14-12(16)13(15)17/h9H,3-8H2,1-2H3. The van der Waals surface area contributed by atoms with Crippen LogP contribution in [0.1, 0.15) is 48.7 Å². The molecule has 1 aliphatic carbocycles. The van der Waals surface area contributed by atoms with Crippen LogP contribution in [0.15, 0.2) is 0 Å². The van der Waals surface area contributed by atoms with Crippen LogP contribution in [-0.2, 0) is 19.4 Å². The summed E-state index contributed by atoms with van der Waals surface area (Å²) < 4.78 is 2.16. The quantitative estimate of drug-likeness (QED) is 0.739. The van der Waals surface area contributed by atoms with Crippen molar-refractivity contribution in [3.8, 4) is 0 Å². The molecule has 3 rings (SSSR count). The fraction of sp³-hybridized carbons (Fsp3) is 0.692. The van der Waals surface area contributed by atoms with Crippen LogP contribution in [0, 0.1) is 0 Å². The van der Waals surface area contributed by atoms with Gasteiger partial charge in [-0.05, 0) is 39.5 Å². The Kier molecular flexibility index (Phi) is 2.45. The smallest absolute Gasteiger partial charge is 0.290 e. The molecule has 0 atom stereocenters. The largest absolute Gasteiger partial charge is 0.332 e. The first-order chi connectivity index (χ1) is 8.18. The van der Waals surface area contributed by atoms with Crippen molar-refractivity contribution in [3.63, 3.8) is 0 Å². The van der Waals surface area contributed by atoms with Gasteiger partial charge in [-0.15, -0.1) is 0 Å². The molecule has 0 saturated heterocycles. The second-order valence-corrected chi connectivity index (χ2v) is 5.28. The van der Waals surface area contributed by atoms with Gasteiger partial charge in [0.1, 0.15) is 0 Å². The molecule has 2 aliphatic rings. The lowest BCUT2D eigenvalue weighted by Gasteiger charge is -2.31. The molecule has 4 nitrogen and oxygen atoms in total. The normalized spacial score (nSPS) is 19.5. The Morgan fingerprint density at radius 2 is 1.94 bits per heavy atom. The fourth-order valence-electron chi connectivity index (χ4n) is 2.94. The summed E-state index contributed by atoms with van der Waals surface area (Å²) in [6, 6.07) is 0.268. The monoisotopic (exact) mass is 233 g/mol. The van der Waals surface area contributed by atoms with Crippen molar-refractivity contribution in [3.05, 3.63) is 17.2 Å². The number of imidazole rings is 1. The minimum atomic E-state index is 0.112. The van der Waals surface area contributed by atoms with E-state index in [4.69, 9.17) is 0 Å². The van der Waals surface area contributed by atoms with Gasteiger partial charge in [-0.1, -0.05) is 0 Å². The van der Waals surface area contributed by atoms with Crippen molar-refractivity contribution in [2.24, 2.45) is 0 Å². The van der Waals surface area contributed by atoms with E-state index in [0.29, 0.717) is 5.82 Å². The van der Waals surface area contributed by atoms with Crippen LogP contribution in [0.25, 0.3) is 0 Å². The molecule has 1 aliphatic heterocycles. The molecule has 0 N–H and O–H groups in total. The summed E-state index contributed by atoms with van der Waals surface area (Å²) >= 11 is 0. The summed E-state index contributed by atoms with van der Waals surface area (Å²) in [7, 11) is 0. The number of carbonyl (C=O) groups is 1. The van der Waals surface area contributed by atoms with Gasteiger partial charge in [0.2, 0.25) is 0 Å². The number of hydrogen-bond acceptors (Lipinski definition) is 2. The zero-order chi connectivity index (χ0) is 12.0. The maximum Gasteiger partial charge on any atom is 0.290 e. The first-order valence-electron chi connectivity index (χ1n) is 6.57. The van der Waals surface area contributed by atoms with Crippen molar-refractivity contribution in [1.82, 2.24) is 14.5 Å². The molecule has 1 aromatic rings. The molecular weight excluding hydrogens is 214 g/mol. The first kappa shape index (κ1) is 10.8. The van der Waals surface area contributed by atoms with Crippen molar-refractivity contribution in [1.29, 1.82) is 0 Å². The molecule has 0 spiro atoms. The number of nitrogens with zero attached hydrogens (tertiary/aromatic N) is 3. The molecule has 0 fully saturated rings. The van der Waals surface area contributed by atoms with E-state index in [2.05, 4.69) is 23.4 Å². The molecule has 0 saturated carbocycles. The Balaban J connectivity index is 2.02. The highest BCUT2D eigenvalue weighted by atomic mass is 16.2. The highest BCUT2D eigenvalue weighted by Crippen LogP contribution is 2.25. The molecule has 2 heterocycles. The summed E-state index contributed by atoms with van der Waals surface area (Å²) in [4.78, 5) is 18.8. The summed E-state index contributed by atoms with van der Waals surface area (Å²) in [6.07, 6.45) is 4.59. The second-order valence-electron chi connectivity index (χ2n) is 5.28. The van der Waals surface area contributed by atoms with E-state index < -0.39 is 0 Å². The van der Waals surface area contributed by atoms with Crippen LogP contribution in [-0.4, -0.2) is 32.9 Å². The summed E-state index contributed by atoms with van der Waals surface area (Å²) in [5.41, 5.74) is 2.49. The Hall–Kier alpha value is -1.32. The van der Waals surface area contributed by atoms with Crippen LogP contribution >= 0.6 is 0 Å². The summed E-state index contributed by atoms with van der Waals surface area (Å²) in [5, 5.41) is 0. The van der Waals surface area contributed by atoms with Gasteiger partial charge < -0.3 is 9.47 Å². The third kappa shape index (κ3) is 1.58. The molecule has 92 valence electrons. The predicted octanol–water partition coefficient (Wildman–Crippen LogP) is 1.63. The molecule has 1 amide bonds. The molecule has 17 heavy (non-hydrogen) atoms. The number of aromatic nitrogens is 2. The van der Waals surface area contributed by atoms with Crippen molar-refractivity contribution < 1.29 is 4.79 Å². The Morgan fingerprint density at radius 3 is 2.71 bits per heavy atom. The number of amides is 1. The summed E-state index contributed by atoms with van der Waals surface area (Å²) in [5.74, 6) is 0.789. The number of aryl methyl sites for hydroxylation is 1. The van der Waals surface area contributed by atoms with E-state index in [1.807, 2.05) is 4.90 Å². The molecule has 4 heteroatoms. The number of fused-ring (bicyclic) bond motifs is 3. The van der Waals surface area contributed by atoms with Crippen molar-refractivity contribution in [2.45, 2.75) is 52.1 Å². The number of carbonyl (C=O) groups excluding carboxylic acids is 1. The van der Waals surface area contributed by atoms with Gasteiger partial charge in [-0.2, -0.15) is 0 Å². The fourth-order valence-corrected chi connectivity index (χ4v) is 2.94. The van der Waals surface area contributed by atoms with Gasteiger partial charge in [-0.3, -0.25) is 4.79 Å². The average molecular weight is 233 g/mol. The lowest BCUT2D eigenvalue weighted by molar-refractivity contribution is 0.0640. The van der Waals surface area contributed by atoms with E-state index in [-0.39, 0.29) is 11.9 Å². The van der Waals surface area contributed by atoms with Gasteiger partial charge in [-0.25, -0.2) is 4.98 Å². The van der Waals surface area contributed by atoms with Crippen LogP contribution in [0.5, 0.6) is 0 Å². The van der Waals surface area contributed by atoms with Gasteiger partial charge in [0.05, 0.1) is 5.69 Å². The predicted molar refractivity (Wildman–Crippen MR) is 65.0 cm³/mol. The molecule has 0 radical (unpaired) electrons. The molecule has 0 aromatic carbocycles. The minimum Gasteiger partial charge on any atom is -0.332 e. The first-order valence-corrected chi connectivity index (χ1v) is 6.57. The summed E-state index contributed by atoms with van der Waals surface area (Å²) in [6.45, 7) is 5.88. The van der Waals surface area contributed by atoms with Gasteiger partial charge in [0.25, 0.3) is 5.91 Å². The van der Waals surface area contributed by atoms with Crippen molar-refractivity contribution in [2.75, 3.05) is 6.54 Å². The zero-order valence-electron chi connectivity index (χ0n) is 10.6. The van der Waals surface area contributed by atoms with Crippen LogP contribution in [0.4, 0.5) is 0 Å². The van der Waals surface area contributed by atoms with Gasteiger partial charge >= 0.3 is 0 Å². The van der Waals surface area contributed by atoms with Crippen molar-refractivity contribution >= 4 is 5.91 Å². The highest BCUT2D eigenvalue weighted by Gasteiger charge is 2.31. The van der Waals surface area contributed by atoms with E-state index in [0.717, 1.165) is 25.9 Å². The van der Waals surface area contributed by atoms with Gasteiger partial charge in [0.15, 0.2) is 5.82 Å². The Labute approximate surface area is 102 Å². The highest BCUT2D eigenvalue weighted by molar-refractivity contribution is 5.92. The molecule has 1 aromatic heterocycles. The third-order valence-electron chi connectivity index (χ3n) is 3.87. The molecular formula is C13H19N3O. The lowest BCUT2D eigenvalue weighted by atomic mass is 10.0. The molecule has 0 bridgehead atoms. The van der Waals surface area contributed by atoms with E-state index in [1.54, 1.807) is 0 Å². The minimum absolute atomic E-state index is 0.112. The maximum atomic E-state index is 12.3. The second kappa shape index (κ2) is 3.86. The third-order valence-corrected chi connectivity index (χ3v) is 3.87. The van der Waals surface area contributed by atoms with Crippen LogP contribution < -0.4 is 0 Å². The zero-order valence-corrected chi connectivity index (χ0v) is 10.6.